The Balaban J connectivity index is 1.98. The van der Waals surface area contributed by atoms with Crippen LogP contribution in [0.3, 0.4) is 0 Å². The highest BCUT2D eigenvalue weighted by atomic mass is 32.1. The molecule has 0 bridgehead atoms. The van der Waals surface area contributed by atoms with Crippen molar-refractivity contribution in [2.24, 2.45) is 0 Å². The molecule has 1 aromatic carbocycles. The SMILES string of the molecule is CC(C)(C)OC(=O)N[C@@H](CO)C(=O)Nc1nc(-c2ccccc2)cs1. The zero-order valence-electron chi connectivity index (χ0n) is 14.3. The number of nitrogens with zero attached hydrogens (tertiary/aromatic N) is 1. The number of aromatic nitrogens is 1. The maximum atomic E-state index is 12.2. The van der Waals surface area contributed by atoms with Crippen LogP contribution in [-0.4, -0.2) is 40.3 Å². The van der Waals surface area contributed by atoms with Crippen LogP contribution in [0, 0.1) is 0 Å². The van der Waals surface area contributed by atoms with E-state index in [2.05, 4.69) is 15.6 Å². The van der Waals surface area contributed by atoms with Crippen molar-refractivity contribution in [3.63, 3.8) is 0 Å². The van der Waals surface area contributed by atoms with Gasteiger partial charge in [-0.05, 0) is 20.8 Å². The second-order valence-corrected chi connectivity index (χ2v) is 7.13. The van der Waals surface area contributed by atoms with Gasteiger partial charge in [0.05, 0.1) is 12.3 Å². The molecular weight excluding hydrogens is 342 g/mol. The molecule has 1 aromatic heterocycles. The second kappa shape index (κ2) is 8.09. The molecule has 25 heavy (non-hydrogen) atoms. The number of rotatable bonds is 5. The van der Waals surface area contributed by atoms with Crippen molar-refractivity contribution in [2.45, 2.75) is 32.4 Å². The lowest BCUT2D eigenvalue weighted by Crippen LogP contribution is -2.47. The minimum atomic E-state index is -1.13. The van der Waals surface area contributed by atoms with Crippen molar-refractivity contribution < 1.29 is 19.4 Å². The molecule has 0 aliphatic heterocycles. The summed E-state index contributed by atoms with van der Waals surface area (Å²) in [5, 5.41) is 16.5. The number of carbonyl (C=O) groups is 2. The maximum Gasteiger partial charge on any atom is 0.408 e. The van der Waals surface area contributed by atoms with E-state index in [-0.39, 0.29) is 0 Å². The number of hydrogen-bond acceptors (Lipinski definition) is 6. The molecule has 2 amide bonds. The number of anilines is 1. The van der Waals surface area contributed by atoms with Gasteiger partial charge in [-0.2, -0.15) is 0 Å². The van der Waals surface area contributed by atoms with Gasteiger partial charge in [-0.15, -0.1) is 11.3 Å². The number of benzene rings is 1. The predicted molar refractivity (Wildman–Crippen MR) is 96.4 cm³/mol. The van der Waals surface area contributed by atoms with Gasteiger partial charge >= 0.3 is 6.09 Å². The Bertz CT molecular complexity index is 725. The Kier molecular flexibility index (Phi) is 6.11. The van der Waals surface area contributed by atoms with Crippen LogP contribution in [0.25, 0.3) is 11.3 Å². The zero-order chi connectivity index (χ0) is 18.4. The molecule has 0 spiro atoms. The number of amides is 2. The van der Waals surface area contributed by atoms with E-state index in [1.54, 1.807) is 20.8 Å². The molecule has 2 aromatic rings. The minimum Gasteiger partial charge on any atom is -0.444 e. The van der Waals surface area contributed by atoms with Crippen LogP contribution < -0.4 is 10.6 Å². The lowest BCUT2D eigenvalue weighted by molar-refractivity contribution is -0.119. The monoisotopic (exact) mass is 363 g/mol. The molecule has 2 rings (SSSR count). The quantitative estimate of drug-likeness (QED) is 0.758. The Labute approximate surface area is 150 Å². The first-order chi connectivity index (χ1) is 11.8. The fourth-order valence-corrected chi connectivity index (χ4v) is 2.63. The van der Waals surface area contributed by atoms with E-state index >= 15 is 0 Å². The van der Waals surface area contributed by atoms with Gasteiger partial charge in [0.1, 0.15) is 11.6 Å². The van der Waals surface area contributed by atoms with E-state index in [1.165, 1.54) is 11.3 Å². The van der Waals surface area contributed by atoms with E-state index in [0.29, 0.717) is 5.13 Å². The summed E-state index contributed by atoms with van der Waals surface area (Å²) >= 11 is 1.26. The van der Waals surface area contributed by atoms with E-state index in [1.807, 2.05) is 35.7 Å². The van der Waals surface area contributed by atoms with Gasteiger partial charge in [-0.3, -0.25) is 4.79 Å². The molecule has 0 saturated carbocycles. The lowest BCUT2D eigenvalue weighted by Gasteiger charge is -2.22. The average Bonchev–Trinajstić information content (AvgIpc) is 3.00. The van der Waals surface area contributed by atoms with Gasteiger partial charge in [0.2, 0.25) is 0 Å². The van der Waals surface area contributed by atoms with Crippen LogP contribution in [-0.2, 0) is 9.53 Å². The van der Waals surface area contributed by atoms with Crippen LogP contribution in [0.4, 0.5) is 9.93 Å². The Hall–Kier alpha value is -2.45. The topological polar surface area (TPSA) is 101 Å². The molecule has 0 radical (unpaired) electrons. The summed E-state index contributed by atoms with van der Waals surface area (Å²) in [7, 11) is 0. The number of carbonyl (C=O) groups excluding carboxylic acids is 2. The van der Waals surface area contributed by atoms with Gasteiger partial charge < -0.3 is 20.5 Å². The van der Waals surface area contributed by atoms with Crippen molar-refractivity contribution in [3.8, 4) is 11.3 Å². The van der Waals surface area contributed by atoms with Crippen LogP contribution >= 0.6 is 11.3 Å². The first-order valence-electron chi connectivity index (χ1n) is 7.70. The molecule has 1 atom stereocenters. The molecule has 0 aliphatic rings. The largest absolute Gasteiger partial charge is 0.444 e. The molecule has 0 unspecified atom stereocenters. The molecule has 134 valence electrons. The first kappa shape index (κ1) is 18.9. The van der Waals surface area contributed by atoms with Gasteiger partial charge in [-0.25, -0.2) is 9.78 Å². The summed E-state index contributed by atoms with van der Waals surface area (Å²) in [6, 6.07) is 8.42. The van der Waals surface area contributed by atoms with Gasteiger partial charge in [0.25, 0.3) is 5.91 Å². The molecule has 7 nitrogen and oxygen atoms in total. The molecule has 0 fully saturated rings. The van der Waals surface area contributed by atoms with Gasteiger partial charge in [0.15, 0.2) is 5.13 Å². The summed E-state index contributed by atoms with van der Waals surface area (Å²) in [5.74, 6) is -0.567. The summed E-state index contributed by atoms with van der Waals surface area (Å²) in [6.07, 6.45) is -0.772. The minimum absolute atomic E-state index is 0.383. The Morgan fingerprint density at radius 3 is 2.56 bits per heavy atom. The predicted octanol–water partition coefficient (Wildman–Crippen LogP) is 2.63. The molecular formula is C17H21N3O4S. The van der Waals surface area contributed by atoms with Crippen molar-refractivity contribution >= 4 is 28.5 Å². The smallest absolute Gasteiger partial charge is 0.408 e. The summed E-state index contributed by atoms with van der Waals surface area (Å²) in [5.41, 5.74) is 0.979. The second-order valence-electron chi connectivity index (χ2n) is 6.27. The fraction of sp³-hybridized carbons (Fsp3) is 0.353. The zero-order valence-corrected chi connectivity index (χ0v) is 15.1. The van der Waals surface area contributed by atoms with Crippen LogP contribution in [0.2, 0.25) is 0 Å². The standard InChI is InChI=1S/C17H21N3O4S/c1-17(2,3)24-16(23)19-12(9-21)14(22)20-15-18-13(10-25-15)11-7-5-4-6-8-11/h4-8,10,12,21H,9H2,1-3H3,(H,19,23)(H,18,20,22)/t12-/m0/s1. The van der Waals surface area contributed by atoms with Crippen LogP contribution in [0.15, 0.2) is 35.7 Å². The Morgan fingerprint density at radius 2 is 1.96 bits per heavy atom. The third kappa shape index (κ3) is 5.84. The van der Waals surface area contributed by atoms with E-state index < -0.39 is 30.3 Å². The van der Waals surface area contributed by atoms with Crippen LogP contribution in [0.5, 0.6) is 0 Å². The molecule has 0 saturated heterocycles. The summed E-state index contributed by atoms with van der Waals surface area (Å²) < 4.78 is 5.08. The normalized spacial score (nSPS) is 12.3. The number of aliphatic hydroxyl groups excluding tert-OH is 1. The number of nitrogens with one attached hydrogen (secondary N) is 2. The van der Waals surface area contributed by atoms with Gasteiger partial charge in [-0.1, -0.05) is 30.3 Å². The molecule has 0 aliphatic carbocycles. The highest BCUT2D eigenvalue weighted by Gasteiger charge is 2.24. The molecule has 1 heterocycles. The number of ether oxygens (including phenoxy) is 1. The number of aliphatic hydroxyl groups is 1. The maximum absolute atomic E-state index is 12.2. The number of thiazole rings is 1. The van der Waals surface area contributed by atoms with E-state index in [4.69, 9.17) is 4.74 Å². The van der Waals surface area contributed by atoms with Crippen molar-refractivity contribution in [2.75, 3.05) is 11.9 Å². The molecule has 8 heteroatoms. The highest BCUT2D eigenvalue weighted by Crippen LogP contribution is 2.24. The van der Waals surface area contributed by atoms with Crippen molar-refractivity contribution in [3.05, 3.63) is 35.7 Å². The van der Waals surface area contributed by atoms with Crippen LogP contribution in [0.1, 0.15) is 20.8 Å². The fourth-order valence-electron chi connectivity index (χ4n) is 1.91. The van der Waals surface area contributed by atoms with Crippen molar-refractivity contribution in [1.29, 1.82) is 0 Å². The third-order valence-electron chi connectivity index (χ3n) is 2.99. The summed E-state index contributed by atoms with van der Waals surface area (Å²) in [6.45, 7) is 4.58. The van der Waals surface area contributed by atoms with Crippen molar-refractivity contribution in [1.82, 2.24) is 10.3 Å². The van der Waals surface area contributed by atoms with Gasteiger partial charge in [0, 0.05) is 10.9 Å². The Morgan fingerprint density at radius 1 is 1.28 bits per heavy atom. The molecule has 3 N–H and O–H groups in total. The average molecular weight is 363 g/mol. The first-order valence-corrected chi connectivity index (χ1v) is 8.58. The van der Waals surface area contributed by atoms with E-state index in [0.717, 1.165) is 11.3 Å². The van der Waals surface area contributed by atoms with E-state index in [9.17, 15) is 14.7 Å². The number of hydrogen-bond donors (Lipinski definition) is 3. The summed E-state index contributed by atoms with van der Waals surface area (Å²) in [4.78, 5) is 28.3. The highest BCUT2D eigenvalue weighted by molar-refractivity contribution is 7.14. The lowest BCUT2D eigenvalue weighted by atomic mass is 10.2. The number of alkyl carbamates (subject to hydrolysis) is 1. The third-order valence-corrected chi connectivity index (χ3v) is 3.75.